The molecule has 2 heteroatoms. The molecule has 2 rings (SSSR count). The first-order chi connectivity index (χ1) is 4.36. The monoisotopic (exact) mass is 137 g/mol. The van der Waals surface area contributed by atoms with E-state index in [-0.39, 0.29) is 0 Å². The van der Waals surface area contributed by atoms with Crippen molar-refractivity contribution in [3.8, 4) is 0 Å². The van der Waals surface area contributed by atoms with E-state index in [9.17, 15) is 0 Å². The summed E-state index contributed by atoms with van der Waals surface area (Å²) in [7, 11) is 0. The minimum atomic E-state index is 0.568. The molecule has 0 radical (unpaired) electrons. The molecule has 1 aliphatic rings. The molecule has 44 valence electrons. The molecular formula is C7H4ClN. The molecule has 0 aromatic carbocycles. The zero-order valence-electron chi connectivity index (χ0n) is 4.63. The molecule has 1 aromatic heterocycles. The van der Waals surface area contributed by atoms with Gasteiger partial charge in [-0.2, -0.15) is 0 Å². The summed E-state index contributed by atoms with van der Waals surface area (Å²) in [6, 6.07) is 3.76. The summed E-state index contributed by atoms with van der Waals surface area (Å²) in [6.45, 7) is 0. The summed E-state index contributed by atoms with van der Waals surface area (Å²) >= 11 is 5.61. The third kappa shape index (κ3) is 0.653. The molecule has 0 amide bonds. The number of hydrogen-bond donors (Lipinski definition) is 0. The highest BCUT2D eigenvalue weighted by atomic mass is 35.5. The van der Waals surface area contributed by atoms with Crippen LogP contribution in [-0.4, -0.2) is 4.98 Å². The molecule has 0 bridgehead atoms. The smallest absolute Gasteiger partial charge is 0.129 e. The Labute approximate surface area is 58.0 Å². The molecule has 0 aliphatic heterocycles. The molecular weight excluding hydrogens is 134 g/mol. The molecule has 0 spiro atoms. The highest BCUT2D eigenvalue weighted by Gasteiger charge is 2.05. The second kappa shape index (κ2) is 1.58. The Bertz CT molecular complexity index is 278. The zero-order chi connectivity index (χ0) is 6.27. The lowest BCUT2D eigenvalue weighted by Gasteiger charge is -2.06. The predicted molar refractivity (Wildman–Crippen MR) is 38.2 cm³/mol. The maximum atomic E-state index is 5.61. The van der Waals surface area contributed by atoms with E-state index in [1.54, 1.807) is 6.07 Å². The van der Waals surface area contributed by atoms with Crippen LogP contribution in [0.15, 0.2) is 12.1 Å². The Hall–Kier alpha value is -0.820. The minimum absolute atomic E-state index is 0.568. The summed E-state index contributed by atoms with van der Waals surface area (Å²) in [4.78, 5) is 4.04. The van der Waals surface area contributed by atoms with Gasteiger partial charge in [-0.15, -0.1) is 0 Å². The summed E-state index contributed by atoms with van der Waals surface area (Å²) < 4.78 is 0. The standard InChI is InChI=1S/C7H4ClN/c8-7-4-2-5-1-3-6(5)9-7/h1-4H. The van der Waals surface area contributed by atoms with E-state index in [2.05, 4.69) is 4.98 Å². The van der Waals surface area contributed by atoms with Gasteiger partial charge < -0.3 is 0 Å². The minimum Gasteiger partial charge on any atom is -0.236 e. The van der Waals surface area contributed by atoms with Crippen LogP contribution < -0.4 is 0 Å². The lowest BCUT2D eigenvalue weighted by molar-refractivity contribution is 1.27. The maximum absolute atomic E-state index is 5.61. The van der Waals surface area contributed by atoms with Crippen molar-refractivity contribution in [2.45, 2.75) is 0 Å². The van der Waals surface area contributed by atoms with Crippen molar-refractivity contribution in [1.82, 2.24) is 4.98 Å². The predicted octanol–water partition coefficient (Wildman–Crippen LogP) is 2.22. The van der Waals surface area contributed by atoms with E-state index in [1.807, 2.05) is 18.2 Å². The topological polar surface area (TPSA) is 12.9 Å². The molecule has 0 N–H and O–H groups in total. The third-order valence-electron chi connectivity index (χ3n) is 1.34. The Balaban J connectivity index is 2.63. The normalized spacial score (nSPS) is 12.6. The molecule has 1 aromatic rings. The van der Waals surface area contributed by atoms with Crippen molar-refractivity contribution < 1.29 is 0 Å². The van der Waals surface area contributed by atoms with E-state index in [0.717, 1.165) is 5.69 Å². The fraction of sp³-hybridized carbons (Fsp3) is 0. The van der Waals surface area contributed by atoms with E-state index < -0.39 is 0 Å². The quantitative estimate of drug-likeness (QED) is 0.508. The Kier molecular flexibility index (Phi) is 0.878. The number of pyridine rings is 1. The van der Waals surface area contributed by atoms with Gasteiger partial charge in [0.05, 0.1) is 5.69 Å². The zero-order valence-corrected chi connectivity index (χ0v) is 5.39. The average molecular weight is 138 g/mol. The number of rotatable bonds is 0. The largest absolute Gasteiger partial charge is 0.236 e. The summed E-state index contributed by atoms with van der Waals surface area (Å²) in [5.41, 5.74) is 2.18. The van der Waals surface area contributed by atoms with Crippen LogP contribution in [0.25, 0.3) is 12.2 Å². The number of aromatic nitrogens is 1. The lowest BCUT2D eigenvalue weighted by atomic mass is 10.1. The number of halogens is 1. The molecule has 1 heterocycles. The summed E-state index contributed by atoms with van der Waals surface area (Å²) in [5.74, 6) is 0. The molecule has 0 fully saturated rings. The van der Waals surface area contributed by atoms with Gasteiger partial charge in [-0.3, -0.25) is 0 Å². The fourth-order valence-electron chi connectivity index (χ4n) is 0.808. The van der Waals surface area contributed by atoms with Crippen LogP contribution in [0, 0.1) is 0 Å². The fourth-order valence-corrected chi connectivity index (χ4v) is 0.962. The van der Waals surface area contributed by atoms with Gasteiger partial charge in [0.25, 0.3) is 0 Å². The highest BCUT2D eigenvalue weighted by molar-refractivity contribution is 6.29. The van der Waals surface area contributed by atoms with E-state index in [1.165, 1.54) is 5.56 Å². The Morgan fingerprint density at radius 1 is 1.22 bits per heavy atom. The molecule has 9 heavy (non-hydrogen) atoms. The van der Waals surface area contributed by atoms with Gasteiger partial charge in [-0.05, 0) is 18.2 Å². The van der Waals surface area contributed by atoms with Gasteiger partial charge in [-0.1, -0.05) is 17.7 Å². The first-order valence-electron chi connectivity index (χ1n) is 2.71. The van der Waals surface area contributed by atoms with E-state index in [0.29, 0.717) is 5.15 Å². The van der Waals surface area contributed by atoms with Gasteiger partial charge in [0.1, 0.15) is 5.15 Å². The molecule has 0 saturated heterocycles. The number of hydrogen-bond acceptors (Lipinski definition) is 1. The van der Waals surface area contributed by atoms with Crippen LogP contribution >= 0.6 is 11.6 Å². The molecule has 1 nitrogen and oxygen atoms in total. The Morgan fingerprint density at radius 2 is 2.11 bits per heavy atom. The van der Waals surface area contributed by atoms with Crippen molar-refractivity contribution in [2.75, 3.05) is 0 Å². The SMILES string of the molecule is Clc1ccc2c(n1)C=C2. The second-order valence-electron chi connectivity index (χ2n) is 1.94. The number of fused-ring (bicyclic) bond motifs is 1. The van der Waals surface area contributed by atoms with Crippen LogP contribution in [0.5, 0.6) is 0 Å². The highest BCUT2D eigenvalue weighted by Crippen LogP contribution is 2.22. The van der Waals surface area contributed by atoms with Crippen LogP contribution in [0.1, 0.15) is 11.3 Å². The van der Waals surface area contributed by atoms with Gasteiger partial charge in [0.15, 0.2) is 0 Å². The third-order valence-corrected chi connectivity index (χ3v) is 1.55. The van der Waals surface area contributed by atoms with Crippen LogP contribution in [0.4, 0.5) is 0 Å². The van der Waals surface area contributed by atoms with E-state index >= 15 is 0 Å². The molecule has 0 unspecified atom stereocenters. The lowest BCUT2D eigenvalue weighted by Crippen LogP contribution is -1.92. The molecule has 1 aliphatic carbocycles. The van der Waals surface area contributed by atoms with Crippen LogP contribution in [0.2, 0.25) is 5.15 Å². The van der Waals surface area contributed by atoms with Gasteiger partial charge in [0.2, 0.25) is 0 Å². The maximum Gasteiger partial charge on any atom is 0.129 e. The van der Waals surface area contributed by atoms with Crippen molar-refractivity contribution in [2.24, 2.45) is 0 Å². The van der Waals surface area contributed by atoms with Crippen molar-refractivity contribution >= 4 is 23.8 Å². The van der Waals surface area contributed by atoms with Gasteiger partial charge in [-0.25, -0.2) is 4.98 Å². The van der Waals surface area contributed by atoms with Gasteiger partial charge in [0, 0.05) is 5.56 Å². The average Bonchev–Trinajstić information content (AvgIpc) is 1.78. The first kappa shape index (κ1) is 5.00. The van der Waals surface area contributed by atoms with Crippen molar-refractivity contribution in [3.05, 3.63) is 28.5 Å². The Morgan fingerprint density at radius 3 is 2.56 bits per heavy atom. The first-order valence-corrected chi connectivity index (χ1v) is 3.09. The van der Waals surface area contributed by atoms with Crippen LogP contribution in [-0.2, 0) is 0 Å². The van der Waals surface area contributed by atoms with E-state index in [4.69, 9.17) is 11.6 Å². The molecule has 0 atom stereocenters. The number of nitrogens with zero attached hydrogens (tertiary/aromatic N) is 1. The summed E-state index contributed by atoms with van der Waals surface area (Å²) in [5, 5.41) is 0.568. The molecule has 0 saturated carbocycles. The van der Waals surface area contributed by atoms with Crippen molar-refractivity contribution in [1.29, 1.82) is 0 Å². The second-order valence-corrected chi connectivity index (χ2v) is 2.33. The van der Waals surface area contributed by atoms with Gasteiger partial charge >= 0.3 is 0 Å². The van der Waals surface area contributed by atoms with Crippen LogP contribution in [0.3, 0.4) is 0 Å². The summed E-state index contributed by atoms with van der Waals surface area (Å²) in [6.07, 6.45) is 3.96. The van der Waals surface area contributed by atoms with Crippen molar-refractivity contribution in [3.63, 3.8) is 0 Å².